The van der Waals surface area contributed by atoms with Crippen LogP contribution >= 0.6 is 0 Å². The van der Waals surface area contributed by atoms with E-state index in [1.165, 1.54) is 10.8 Å². The Balaban J connectivity index is 1.45. The van der Waals surface area contributed by atoms with E-state index in [1.807, 2.05) is 0 Å². The van der Waals surface area contributed by atoms with Crippen LogP contribution in [-0.4, -0.2) is 38.5 Å². The number of carbonyl (C=O) groups excluding carboxylic acids is 2. The molecule has 5 rings (SSSR count). The zero-order chi connectivity index (χ0) is 23.8. The summed E-state index contributed by atoms with van der Waals surface area (Å²) in [4.78, 5) is 40.3. The highest BCUT2D eigenvalue weighted by Crippen LogP contribution is 2.51. The number of amides is 2. The lowest BCUT2D eigenvalue weighted by Gasteiger charge is -2.45. The van der Waals surface area contributed by atoms with Crippen LogP contribution in [0.4, 0.5) is 13.2 Å². The molecule has 2 aromatic rings. The van der Waals surface area contributed by atoms with Crippen LogP contribution in [0.1, 0.15) is 46.7 Å². The molecule has 4 unspecified atom stereocenters. The predicted octanol–water partition coefficient (Wildman–Crippen LogP) is 2.40. The molecule has 7 nitrogen and oxygen atoms in total. The van der Waals surface area contributed by atoms with Crippen molar-refractivity contribution >= 4 is 11.8 Å². The van der Waals surface area contributed by atoms with E-state index in [1.54, 1.807) is 4.90 Å². The summed E-state index contributed by atoms with van der Waals surface area (Å²) in [6.07, 6.45) is 2.07. The summed E-state index contributed by atoms with van der Waals surface area (Å²) < 4.78 is 42.2. The molecule has 10 heteroatoms. The molecule has 3 heterocycles. The summed E-state index contributed by atoms with van der Waals surface area (Å²) in [6.45, 7) is 3.95. The number of nitrogens with zero attached hydrogens (tertiary/aromatic N) is 2. The third kappa shape index (κ3) is 3.07. The lowest BCUT2D eigenvalue weighted by Crippen LogP contribution is -2.56. The van der Waals surface area contributed by atoms with Crippen LogP contribution in [-0.2, 0) is 13.1 Å². The summed E-state index contributed by atoms with van der Waals surface area (Å²) in [5, 5.41) is 12.8. The summed E-state index contributed by atoms with van der Waals surface area (Å²) in [7, 11) is 0. The monoisotopic (exact) mass is 461 g/mol. The maximum atomic E-state index is 13.9. The lowest BCUT2D eigenvalue weighted by molar-refractivity contribution is 0.0279. The van der Waals surface area contributed by atoms with Gasteiger partial charge in [-0.05, 0) is 24.2 Å². The van der Waals surface area contributed by atoms with Crippen LogP contribution in [0.3, 0.4) is 0 Å². The number of rotatable bonds is 3. The second-order valence-corrected chi connectivity index (χ2v) is 9.22. The van der Waals surface area contributed by atoms with Crippen molar-refractivity contribution in [3.63, 3.8) is 0 Å². The average Bonchev–Trinajstić information content (AvgIpc) is 3.26. The minimum Gasteiger partial charge on any atom is -0.503 e. The van der Waals surface area contributed by atoms with Gasteiger partial charge in [-0.15, -0.1) is 0 Å². The van der Waals surface area contributed by atoms with Crippen LogP contribution in [0.2, 0.25) is 0 Å². The van der Waals surface area contributed by atoms with Crippen LogP contribution in [0.25, 0.3) is 0 Å². The van der Waals surface area contributed by atoms with Gasteiger partial charge in [0.05, 0.1) is 6.04 Å². The van der Waals surface area contributed by atoms with Crippen molar-refractivity contribution in [2.24, 2.45) is 17.8 Å². The molecular weight excluding hydrogens is 439 g/mol. The lowest BCUT2D eigenvalue weighted by atomic mass is 9.82. The largest absolute Gasteiger partial charge is 0.503 e. The average molecular weight is 461 g/mol. The van der Waals surface area contributed by atoms with E-state index in [2.05, 4.69) is 19.2 Å². The van der Waals surface area contributed by atoms with Crippen molar-refractivity contribution in [3.8, 4) is 5.75 Å². The predicted molar refractivity (Wildman–Crippen MR) is 110 cm³/mol. The number of benzene rings is 1. The van der Waals surface area contributed by atoms with E-state index < -0.39 is 58.1 Å². The van der Waals surface area contributed by atoms with Gasteiger partial charge in [-0.25, -0.2) is 13.2 Å². The van der Waals surface area contributed by atoms with E-state index in [9.17, 15) is 32.7 Å². The van der Waals surface area contributed by atoms with E-state index in [0.717, 1.165) is 6.42 Å². The number of aromatic nitrogens is 1. The molecule has 1 saturated heterocycles. The van der Waals surface area contributed by atoms with Gasteiger partial charge < -0.3 is 19.9 Å². The summed E-state index contributed by atoms with van der Waals surface area (Å²) in [5.41, 5.74) is -2.22. The van der Waals surface area contributed by atoms with Crippen LogP contribution in [0.5, 0.6) is 5.75 Å². The number of pyridine rings is 1. The first-order valence-electron chi connectivity index (χ1n) is 10.8. The van der Waals surface area contributed by atoms with Crippen molar-refractivity contribution < 1.29 is 27.9 Å². The molecule has 5 atom stereocenters. The van der Waals surface area contributed by atoms with Crippen molar-refractivity contribution in [2.75, 3.05) is 0 Å². The molecule has 1 saturated carbocycles. The Hall–Kier alpha value is -3.30. The summed E-state index contributed by atoms with van der Waals surface area (Å²) in [5.74, 6) is -4.67. The normalized spacial score (nSPS) is 27.5. The van der Waals surface area contributed by atoms with Crippen LogP contribution in [0.15, 0.2) is 23.1 Å². The fourth-order valence-corrected chi connectivity index (χ4v) is 5.81. The summed E-state index contributed by atoms with van der Waals surface area (Å²) >= 11 is 0. The first-order chi connectivity index (χ1) is 15.6. The Morgan fingerprint density at radius 3 is 2.45 bits per heavy atom. The smallest absolute Gasteiger partial charge is 0.275 e. The third-order valence-electron chi connectivity index (χ3n) is 7.69. The fraction of sp³-hybridized carbons (Fsp3) is 0.435. The first-order valence-corrected chi connectivity index (χ1v) is 10.8. The van der Waals surface area contributed by atoms with E-state index in [4.69, 9.17) is 0 Å². The van der Waals surface area contributed by atoms with Gasteiger partial charge in [-0.1, -0.05) is 13.8 Å². The third-order valence-corrected chi connectivity index (χ3v) is 7.69. The Morgan fingerprint density at radius 1 is 1.12 bits per heavy atom. The second kappa shape index (κ2) is 7.36. The van der Waals surface area contributed by atoms with Crippen molar-refractivity contribution in [2.45, 2.75) is 45.4 Å². The van der Waals surface area contributed by atoms with Gasteiger partial charge in [-0.2, -0.15) is 0 Å². The Morgan fingerprint density at radius 2 is 1.79 bits per heavy atom. The van der Waals surface area contributed by atoms with Crippen molar-refractivity contribution in [1.29, 1.82) is 0 Å². The number of hydrogen-bond acceptors (Lipinski definition) is 4. The molecule has 2 bridgehead atoms. The highest BCUT2D eigenvalue weighted by atomic mass is 19.1. The zero-order valence-corrected chi connectivity index (χ0v) is 17.9. The number of carbonyl (C=O) groups is 2. The van der Waals surface area contributed by atoms with E-state index in [0.29, 0.717) is 30.5 Å². The molecule has 2 amide bonds. The first kappa shape index (κ1) is 21.5. The van der Waals surface area contributed by atoms with Gasteiger partial charge >= 0.3 is 0 Å². The maximum absolute atomic E-state index is 13.9. The minimum absolute atomic E-state index is 0.0502. The number of piperidine rings is 1. The van der Waals surface area contributed by atoms with Gasteiger partial charge in [0.25, 0.3) is 11.8 Å². The number of hydrogen-bond donors (Lipinski definition) is 2. The van der Waals surface area contributed by atoms with E-state index >= 15 is 0 Å². The second-order valence-electron chi connectivity index (χ2n) is 9.22. The van der Waals surface area contributed by atoms with Gasteiger partial charge in [0.15, 0.2) is 11.4 Å². The Bertz CT molecular complexity index is 1240. The van der Waals surface area contributed by atoms with Gasteiger partial charge in [0.1, 0.15) is 23.0 Å². The molecule has 3 aliphatic rings. The molecule has 1 aromatic heterocycles. The fourth-order valence-electron chi connectivity index (χ4n) is 5.81. The molecule has 1 aliphatic carbocycles. The number of halogens is 3. The number of nitrogens with one attached hydrogen (secondary N) is 1. The van der Waals surface area contributed by atoms with Crippen molar-refractivity contribution in [3.05, 3.63) is 62.8 Å². The Labute approximate surface area is 186 Å². The summed E-state index contributed by atoms with van der Waals surface area (Å²) in [6, 6.07) is 0.924. The highest BCUT2D eigenvalue weighted by molar-refractivity contribution is 5.99. The maximum Gasteiger partial charge on any atom is 0.275 e. The molecule has 33 heavy (non-hydrogen) atoms. The SMILES string of the molecule is CC1C2CC([C@H]1C)N1C(=O)c3c(O)c(=O)c(C(=O)NCc4c(F)cc(F)cc4F)cn3CC21. The van der Waals surface area contributed by atoms with Crippen molar-refractivity contribution in [1.82, 2.24) is 14.8 Å². The van der Waals surface area contributed by atoms with Gasteiger partial charge in [0, 0.05) is 43.0 Å². The molecule has 0 spiro atoms. The molecule has 2 fully saturated rings. The van der Waals surface area contributed by atoms with E-state index in [-0.39, 0.29) is 23.7 Å². The molecular formula is C23H22F3N3O4. The standard InChI is InChI=1S/C23H22F3N3O4/c1-9-10(2)17-5-12(9)18-8-28-7-14(20(30)21(31)19(28)23(33)29(17)18)22(32)27-6-13-15(25)3-11(24)4-16(13)26/h3-4,7,9-10,12,17-18,31H,5-6,8H2,1-2H3,(H,27,32)/t9?,10-,12?,17?,18?/m0/s1. The molecule has 1 aromatic carbocycles. The van der Waals surface area contributed by atoms with Gasteiger partial charge in [-0.3, -0.25) is 14.4 Å². The van der Waals surface area contributed by atoms with Gasteiger partial charge in [0.2, 0.25) is 5.43 Å². The zero-order valence-electron chi connectivity index (χ0n) is 17.9. The molecule has 2 aliphatic heterocycles. The highest BCUT2D eigenvalue weighted by Gasteiger charge is 2.57. The quantitative estimate of drug-likeness (QED) is 0.735. The van der Waals surface area contributed by atoms with Crippen LogP contribution < -0.4 is 10.7 Å². The topological polar surface area (TPSA) is 91.6 Å². The molecule has 0 radical (unpaired) electrons. The number of fused-ring (bicyclic) bond motifs is 6. The molecule has 174 valence electrons. The Kier molecular flexibility index (Phi) is 4.80. The number of aromatic hydroxyl groups is 1. The molecule has 2 N–H and O–H groups in total. The van der Waals surface area contributed by atoms with Crippen LogP contribution in [0, 0.1) is 35.2 Å². The minimum atomic E-state index is -1.18.